The highest BCUT2D eigenvalue weighted by atomic mass is 16.1. The number of rotatable bonds is 4. The quantitative estimate of drug-likeness (QED) is 0.607. The predicted molar refractivity (Wildman–Crippen MR) is 55.7 cm³/mol. The lowest BCUT2D eigenvalue weighted by atomic mass is 9.67. The van der Waals surface area contributed by atoms with Gasteiger partial charge in [0.15, 0.2) is 0 Å². The van der Waals surface area contributed by atoms with Crippen molar-refractivity contribution in [2.75, 3.05) is 0 Å². The Balaban J connectivity index is 2.66. The second-order valence-electron chi connectivity index (χ2n) is 4.39. The SMILES string of the molecule is CCC(C=O)(CC)C1CCCCC1. The molecule has 0 bridgehead atoms. The van der Waals surface area contributed by atoms with Crippen molar-refractivity contribution in [1.82, 2.24) is 0 Å². The van der Waals surface area contributed by atoms with Crippen molar-refractivity contribution in [1.29, 1.82) is 0 Å². The molecule has 0 aromatic carbocycles. The molecule has 0 atom stereocenters. The van der Waals surface area contributed by atoms with E-state index >= 15 is 0 Å². The van der Waals surface area contributed by atoms with Gasteiger partial charge in [-0.05, 0) is 31.6 Å². The largest absolute Gasteiger partial charge is 0.303 e. The molecule has 0 spiro atoms. The van der Waals surface area contributed by atoms with Gasteiger partial charge in [0, 0.05) is 5.41 Å². The van der Waals surface area contributed by atoms with Crippen LogP contribution in [0.3, 0.4) is 0 Å². The molecule has 0 aromatic heterocycles. The molecule has 0 radical (unpaired) electrons. The molecule has 1 saturated carbocycles. The van der Waals surface area contributed by atoms with E-state index in [9.17, 15) is 4.79 Å². The van der Waals surface area contributed by atoms with Gasteiger partial charge >= 0.3 is 0 Å². The molecular weight excluding hydrogens is 160 g/mol. The first kappa shape index (κ1) is 10.7. The first-order chi connectivity index (χ1) is 6.29. The summed E-state index contributed by atoms with van der Waals surface area (Å²) in [5, 5.41) is 0. The topological polar surface area (TPSA) is 17.1 Å². The lowest BCUT2D eigenvalue weighted by Gasteiger charge is -2.37. The van der Waals surface area contributed by atoms with E-state index in [0.717, 1.165) is 12.8 Å². The molecule has 0 amide bonds. The van der Waals surface area contributed by atoms with Gasteiger partial charge in [0.25, 0.3) is 0 Å². The molecular formula is C12H22O. The van der Waals surface area contributed by atoms with Crippen LogP contribution in [-0.4, -0.2) is 6.29 Å². The van der Waals surface area contributed by atoms with Crippen molar-refractivity contribution in [3.8, 4) is 0 Å². The van der Waals surface area contributed by atoms with E-state index in [1.54, 1.807) is 0 Å². The molecule has 76 valence electrons. The zero-order chi connectivity index (χ0) is 9.73. The summed E-state index contributed by atoms with van der Waals surface area (Å²) in [6.07, 6.45) is 9.89. The van der Waals surface area contributed by atoms with E-state index in [1.807, 2.05) is 0 Å². The van der Waals surface area contributed by atoms with E-state index in [1.165, 1.54) is 38.4 Å². The van der Waals surface area contributed by atoms with Crippen LogP contribution in [0.1, 0.15) is 58.8 Å². The van der Waals surface area contributed by atoms with Gasteiger partial charge in [-0.2, -0.15) is 0 Å². The van der Waals surface area contributed by atoms with Gasteiger partial charge in [0.2, 0.25) is 0 Å². The summed E-state index contributed by atoms with van der Waals surface area (Å²) in [6.45, 7) is 4.32. The molecule has 1 heteroatoms. The van der Waals surface area contributed by atoms with Gasteiger partial charge in [-0.3, -0.25) is 0 Å². The highest BCUT2D eigenvalue weighted by Gasteiger charge is 2.35. The van der Waals surface area contributed by atoms with Crippen molar-refractivity contribution in [2.24, 2.45) is 11.3 Å². The third-order valence-corrected chi connectivity index (χ3v) is 3.97. The minimum absolute atomic E-state index is 0.0143. The maximum absolute atomic E-state index is 11.2. The van der Waals surface area contributed by atoms with Crippen LogP contribution in [0.15, 0.2) is 0 Å². The molecule has 1 rings (SSSR count). The molecule has 0 N–H and O–H groups in total. The molecule has 1 aliphatic carbocycles. The first-order valence-corrected chi connectivity index (χ1v) is 5.75. The van der Waals surface area contributed by atoms with Crippen LogP contribution in [0, 0.1) is 11.3 Å². The van der Waals surface area contributed by atoms with Gasteiger partial charge in [-0.25, -0.2) is 0 Å². The molecule has 0 heterocycles. The Kier molecular flexibility index (Phi) is 3.95. The summed E-state index contributed by atoms with van der Waals surface area (Å²) >= 11 is 0. The maximum atomic E-state index is 11.2. The number of aldehydes is 1. The van der Waals surface area contributed by atoms with Gasteiger partial charge in [-0.1, -0.05) is 33.1 Å². The van der Waals surface area contributed by atoms with Gasteiger partial charge < -0.3 is 4.79 Å². The lowest BCUT2D eigenvalue weighted by Crippen LogP contribution is -2.32. The van der Waals surface area contributed by atoms with Crippen molar-refractivity contribution in [3.63, 3.8) is 0 Å². The van der Waals surface area contributed by atoms with Gasteiger partial charge in [-0.15, -0.1) is 0 Å². The standard InChI is InChI=1S/C12H22O/c1-3-12(4-2,10-13)11-8-6-5-7-9-11/h10-11H,3-9H2,1-2H3. The molecule has 0 aliphatic heterocycles. The van der Waals surface area contributed by atoms with Gasteiger partial charge in [0.05, 0.1) is 0 Å². The molecule has 1 fully saturated rings. The second kappa shape index (κ2) is 4.78. The summed E-state index contributed by atoms with van der Waals surface area (Å²) in [5.74, 6) is 0.675. The van der Waals surface area contributed by atoms with Crippen molar-refractivity contribution < 1.29 is 4.79 Å². The minimum Gasteiger partial charge on any atom is -0.303 e. The minimum atomic E-state index is 0.0143. The Labute approximate surface area is 81.9 Å². The number of hydrogen-bond acceptors (Lipinski definition) is 1. The summed E-state index contributed by atoms with van der Waals surface area (Å²) in [6, 6.07) is 0. The summed E-state index contributed by atoms with van der Waals surface area (Å²) < 4.78 is 0. The number of carbonyl (C=O) groups excluding carboxylic acids is 1. The van der Waals surface area contributed by atoms with E-state index in [-0.39, 0.29) is 5.41 Å². The predicted octanol–water partition coefficient (Wildman–Crippen LogP) is 3.57. The fourth-order valence-electron chi connectivity index (χ4n) is 2.77. The van der Waals surface area contributed by atoms with E-state index in [0.29, 0.717) is 5.92 Å². The van der Waals surface area contributed by atoms with Crippen molar-refractivity contribution in [3.05, 3.63) is 0 Å². The molecule has 0 unspecified atom stereocenters. The van der Waals surface area contributed by atoms with E-state index in [4.69, 9.17) is 0 Å². The average Bonchev–Trinajstić information content (AvgIpc) is 2.23. The Morgan fingerprint density at radius 1 is 1.15 bits per heavy atom. The third-order valence-electron chi connectivity index (χ3n) is 3.97. The smallest absolute Gasteiger partial charge is 0.126 e. The average molecular weight is 182 g/mol. The molecule has 13 heavy (non-hydrogen) atoms. The zero-order valence-electron chi connectivity index (χ0n) is 9.01. The van der Waals surface area contributed by atoms with E-state index < -0.39 is 0 Å². The van der Waals surface area contributed by atoms with Crippen LogP contribution in [-0.2, 0) is 4.79 Å². The van der Waals surface area contributed by atoms with Crippen LogP contribution in [0.4, 0.5) is 0 Å². The monoisotopic (exact) mass is 182 g/mol. The third kappa shape index (κ3) is 2.12. The highest BCUT2D eigenvalue weighted by Crippen LogP contribution is 2.41. The maximum Gasteiger partial charge on any atom is 0.126 e. The number of hydrogen-bond donors (Lipinski definition) is 0. The molecule has 0 aromatic rings. The Morgan fingerprint density at radius 3 is 2.08 bits per heavy atom. The molecule has 1 nitrogen and oxygen atoms in total. The van der Waals surface area contributed by atoms with Gasteiger partial charge in [0.1, 0.15) is 6.29 Å². The Bertz CT molecular complexity index is 153. The molecule has 0 saturated heterocycles. The van der Waals surface area contributed by atoms with E-state index in [2.05, 4.69) is 13.8 Å². The highest BCUT2D eigenvalue weighted by molar-refractivity contribution is 5.59. The second-order valence-corrected chi connectivity index (χ2v) is 4.39. The number of carbonyl (C=O) groups is 1. The summed E-state index contributed by atoms with van der Waals surface area (Å²) in [4.78, 5) is 11.2. The van der Waals surface area contributed by atoms with Crippen LogP contribution in [0.2, 0.25) is 0 Å². The van der Waals surface area contributed by atoms with Crippen LogP contribution >= 0.6 is 0 Å². The molecule has 1 aliphatic rings. The fraction of sp³-hybridized carbons (Fsp3) is 0.917. The Morgan fingerprint density at radius 2 is 1.69 bits per heavy atom. The Hall–Kier alpha value is -0.330. The van der Waals surface area contributed by atoms with Crippen LogP contribution in [0.5, 0.6) is 0 Å². The fourth-order valence-corrected chi connectivity index (χ4v) is 2.77. The lowest BCUT2D eigenvalue weighted by molar-refractivity contribution is -0.120. The normalized spacial score (nSPS) is 20.2. The first-order valence-electron chi connectivity index (χ1n) is 5.75. The zero-order valence-corrected chi connectivity index (χ0v) is 9.01. The summed E-state index contributed by atoms with van der Waals surface area (Å²) in [5.41, 5.74) is 0.0143. The van der Waals surface area contributed by atoms with Crippen molar-refractivity contribution >= 4 is 6.29 Å². The van der Waals surface area contributed by atoms with Crippen molar-refractivity contribution in [2.45, 2.75) is 58.8 Å². The summed E-state index contributed by atoms with van der Waals surface area (Å²) in [7, 11) is 0. The van der Waals surface area contributed by atoms with Crippen LogP contribution in [0.25, 0.3) is 0 Å². The van der Waals surface area contributed by atoms with Crippen LogP contribution < -0.4 is 0 Å².